The molecule has 1 unspecified atom stereocenters. The molecule has 1 aromatic rings. The molecular weight excluding hydrogens is 250 g/mol. The molecule has 0 bridgehead atoms. The monoisotopic (exact) mass is 267 g/mol. The van der Waals surface area contributed by atoms with Crippen molar-refractivity contribution >= 4 is 11.9 Å². The highest BCUT2D eigenvalue weighted by Gasteiger charge is 2.12. The van der Waals surface area contributed by atoms with Gasteiger partial charge < -0.3 is 19.9 Å². The van der Waals surface area contributed by atoms with E-state index in [9.17, 15) is 9.59 Å². The minimum Gasteiger partial charge on any atom is -0.492 e. The maximum Gasteiger partial charge on any atom is 0.332 e. The second kappa shape index (κ2) is 8.10. The number of hydrogen-bond donors (Lipinski definition) is 2. The highest BCUT2D eigenvalue weighted by Crippen LogP contribution is 2.07. The number of nitrogens with one attached hydrogen (secondary N) is 1. The van der Waals surface area contributed by atoms with Crippen LogP contribution in [-0.4, -0.2) is 42.8 Å². The summed E-state index contributed by atoms with van der Waals surface area (Å²) < 4.78 is 10.2. The molecule has 2 N–H and O–H groups in total. The van der Waals surface area contributed by atoms with Gasteiger partial charge in [0.05, 0.1) is 6.54 Å². The van der Waals surface area contributed by atoms with Crippen LogP contribution >= 0.6 is 0 Å². The molecule has 0 saturated heterocycles. The van der Waals surface area contributed by atoms with E-state index in [0.29, 0.717) is 13.2 Å². The standard InChI is InChI=1S/C13H17NO5/c1-10(13(16)17)19-9-12(15)14-7-8-18-11-5-3-2-4-6-11/h2-6,10H,7-9H2,1H3,(H,14,15)(H,16,17). The Morgan fingerprint density at radius 3 is 2.63 bits per heavy atom. The maximum absolute atomic E-state index is 11.3. The van der Waals surface area contributed by atoms with Crippen LogP contribution in [0.2, 0.25) is 0 Å². The Balaban J connectivity index is 2.09. The van der Waals surface area contributed by atoms with E-state index in [1.807, 2.05) is 30.3 Å². The quantitative estimate of drug-likeness (QED) is 0.676. The third-order valence-electron chi connectivity index (χ3n) is 2.25. The number of benzene rings is 1. The molecule has 0 radical (unpaired) electrons. The fraction of sp³-hybridized carbons (Fsp3) is 0.385. The molecule has 6 heteroatoms. The number of carbonyl (C=O) groups excluding carboxylic acids is 1. The summed E-state index contributed by atoms with van der Waals surface area (Å²) in [6.45, 7) is 1.76. The Morgan fingerprint density at radius 1 is 1.32 bits per heavy atom. The van der Waals surface area contributed by atoms with E-state index in [-0.39, 0.29) is 12.5 Å². The number of rotatable bonds is 8. The fourth-order valence-electron chi connectivity index (χ4n) is 1.20. The van der Waals surface area contributed by atoms with Gasteiger partial charge >= 0.3 is 5.97 Å². The largest absolute Gasteiger partial charge is 0.492 e. The van der Waals surface area contributed by atoms with Crippen LogP contribution in [0.1, 0.15) is 6.92 Å². The number of para-hydroxylation sites is 1. The van der Waals surface area contributed by atoms with E-state index in [4.69, 9.17) is 14.6 Å². The van der Waals surface area contributed by atoms with Crippen molar-refractivity contribution in [3.8, 4) is 5.75 Å². The molecule has 1 atom stereocenters. The molecule has 0 aromatic heterocycles. The lowest BCUT2D eigenvalue weighted by Gasteiger charge is -2.09. The first-order valence-electron chi connectivity index (χ1n) is 5.88. The van der Waals surface area contributed by atoms with Gasteiger partial charge in [-0.1, -0.05) is 18.2 Å². The van der Waals surface area contributed by atoms with Gasteiger partial charge in [-0.25, -0.2) is 4.79 Å². The van der Waals surface area contributed by atoms with Crippen LogP contribution in [0.3, 0.4) is 0 Å². The van der Waals surface area contributed by atoms with Crippen molar-refractivity contribution in [3.05, 3.63) is 30.3 Å². The van der Waals surface area contributed by atoms with Gasteiger partial charge in [0.2, 0.25) is 5.91 Å². The first-order valence-corrected chi connectivity index (χ1v) is 5.88. The molecule has 1 aromatic carbocycles. The third kappa shape index (κ3) is 6.42. The first-order chi connectivity index (χ1) is 9.09. The molecule has 0 aliphatic carbocycles. The zero-order chi connectivity index (χ0) is 14.1. The van der Waals surface area contributed by atoms with E-state index in [0.717, 1.165) is 5.75 Å². The normalized spacial score (nSPS) is 11.6. The van der Waals surface area contributed by atoms with E-state index in [1.54, 1.807) is 0 Å². The summed E-state index contributed by atoms with van der Waals surface area (Å²) in [6, 6.07) is 9.23. The van der Waals surface area contributed by atoms with Crippen molar-refractivity contribution in [2.24, 2.45) is 0 Å². The molecule has 6 nitrogen and oxygen atoms in total. The van der Waals surface area contributed by atoms with Crippen LogP contribution in [0.25, 0.3) is 0 Å². The van der Waals surface area contributed by atoms with Gasteiger partial charge in [-0.05, 0) is 19.1 Å². The van der Waals surface area contributed by atoms with Crippen molar-refractivity contribution in [2.75, 3.05) is 19.8 Å². The molecule has 0 aliphatic rings. The maximum atomic E-state index is 11.3. The Kier molecular flexibility index (Phi) is 6.38. The second-order valence-electron chi connectivity index (χ2n) is 3.80. The number of carboxylic acid groups (broad SMARTS) is 1. The SMILES string of the molecule is CC(OCC(=O)NCCOc1ccccc1)C(=O)O. The average molecular weight is 267 g/mol. The molecular formula is C13H17NO5. The summed E-state index contributed by atoms with van der Waals surface area (Å²) in [5.74, 6) is -0.738. The summed E-state index contributed by atoms with van der Waals surface area (Å²) in [4.78, 5) is 21.7. The number of amides is 1. The van der Waals surface area contributed by atoms with Gasteiger partial charge in [0.1, 0.15) is 19.0 Å². The minimum absolute atomic E-state index is 0.279. The van der Waals surface area contributed by atoms with Crippen molar-refractivity contribution < 1.29 is 24.2 Å². The van der Waals surface area contributed by atoms with Gasteiger partial charge in [0.15, 0.2) is 6.10 Å². The molecule has 1 rings (SSSR count). The van der Waals surface area contributed by atoms with E-state index < -0.39 is 12.1 Å². The summed E-state index contributed by atoms with van der Waals surface area (Å²) in [5, 5.41) is 11.1. The van der Waals surface area contributed by atoms with Crippen LogP contribution in [0.15, 0.2) is 30.3 Å². The number of carboxylic acids is 1. The van der Waals surface area contributed by atoms with Gasteiger partial charge in [-0.2, -0.15) is 0 Å². The van der Waals surface area contributed by atoms with E-state index >= 15 is 0 Å². The molecule has 0 aliphatic heterocycles. The Morgan fingerprint density at radius 2 is 2.00 bits per heavy atom. The summed E-state index contributed by atoms with van der Waals surface area (Å²) in [6.07, 6.45) is -0.994. The van der Waals surface area contributed by atoms with Gasteiger partial charge in [-0.15, -0.1) is 0 Å². The zero-order valence-electron chi connectivity index (χ0n) is 10.7. The summed E-state index contributed by atoms with van der Waals surface area (Å²) in [7, 11) is 0. The summed E-state index contributed by atoms with van der Waals surface area (Å²) >= 11 is 0. The molecule has 19 heavy (non-hydrogen) atoms. The molecule has 0 fully saturated rings. The van der Waals surface area contributed by atoms with E-state index in [2.05, 4.69) is 5.32 Å². The zero-order valence-corrected chi connectivity index (χ0v) is 10.7. The highest BCUT2D eigenvalue weighted by atomic mass is 16.5. The van der Waals surface area contributed by atoms with Crippen molar-refractivity contribution in [1.82, 2.24) is 5.32 Å². The molecule has 0 saturated carbocycles. The van der Waals surface area contributed by atoms with Crippen molar-refractivity contribution in [3.63, 3.8) is 0 Å². The smallest absolute Gasteiger partial charge is 0.332 e. The number of carbonyl (C=O) groups is 2. The molecule has 0 spiro atoms. The number of hydrogen-bond acceptors (Lipinski definition) is 4. The minimum atomic E-state index is -1.10. The predicted molar refractivity (Wildman–Crippen MR) is 68.0 cm³/mol. The van der Waals surface area contributed by atoms with Gasteiger partial charge in [-0.3, -0.25) is 4.79 Å². The summed E-state index contributed by atoms with van der Waals surface area (Å²) in [5.41, 5.74) is 0. The fourth-order valence-corrected chi connectivity index (χ4v) is 1.20. The van der Waals surface area contributed by atoms with E-state index in [1.165, 1.54) is 6.92 Å². The number of ether oxygens (including phenoxy) is 2. The van der Waals surface area contributed by atoms with Crippen LogP contribution in [0.5, 0.6) is 5.75 Å². The van der Waals surface area contributed by atoms with Crippen molar-refractivity contribution in [2.45, 2.75) is 13.0 Å². The van der Waals surface area contributed by atoms with Crippen LogP contribution in [0, 0.1) is 0 Å². The lowest BCUT2D eigenvalue weighted by Crippen LogP contribution is -2.33. The van der Waals surface area contributed by atoms with Gasteiger partial charge in [0, 0.05) is 0 Å². The lowest BCUT2D eigenvalue weighted by molar-refractivity contribution is -0.150. The first kappa shape index (κ1) is 15.0. The predicted octanol–water partition coefficient (Wildman–Crippen LogP) is 0.671. The second-order valence-corrected chi connectivity index (χ2v) is 3.80. The Bertz CT molecular complexity index is 407. The van der Waals surface area contributed by atoms with Crippen LogP contribution in [0.4, 0.5) is 0 Å². The van der Waals surface area contributed by atoms with Crippen molar-refractivity contribution in [1.29, 1.82) is 0 Å². The Labute approximate surface area is 111 Å². The third-order valence-corrected chi connectivity index (χ3v) is 2.25. The molecule has 1 amide bonds. The lowest BCUT2D eigenvalue weighted by atomic mass is 10.3. The Hall–Kier alpha value is -2.08. The molecule has 0 heterocycles. The highest BCUT2D eigenvalue weighted by molar-refractivity contribution is 5.78. The van der Waals surface area contributed by atoms with Gasteiger partial charge in [0.25, 0.3) is 0 Å². The topological polar surface area (TPSA) is 84.9 Å². The average Bonchev–Trinajstić information content (AvgIpc) is 2.42. The molecule has 104 valence electrons. The van der Waals surface area contributed by atoms with Crippen LogP contribution in [-0.2, 0) is 14.3 Å². The van der Waals surface area contributed by atoms with Crippen LogP contribution < -0.4 is 10.1 Å². The number of aliphatic carboxylic acids is 1.